The first kappa shape index (κ1) is 21.9. The third-order valence-electron chi connectivity index (χ3n) is 4.65. The Morgan fingerprint density at radius 1 is 1.15 bits per heavy atom. The molecule has 1 atom stereocenters. The van der Waals surface area contributed by atoms with Crippen LogP contribution in [-0.4, -0.2) is 48.3 Å². The van der Waals surface area contributed by atoms with Crippen molar-refractivity contribution >= 4 is 16.8 Å². The SMILES string of the molecule is CCNC(=NCCOC1CCCCCC1)NCCS(=O)Cc1ccccc1. The van der Waals surface area contributed by atoms with Gasteiger partial charge in [-0.15, -0.1) is 0 Å². The zero-order valence-corrected chi connectivity index (χ0v) is 17.4. The predicted octanol–water partition coefficient (Wildman–Crippen LogP) is 3.23. The molecular weight excluding hydrogens is 358 g/mol. The molecule has 0 aliphatic heterocycles. The molecule has 1 unspecified atom stereocenters. The minimum absolute atomic E-state index is 0.415. The molecule has 2 rings (SSSR count). The summed E-state index contributed by atoms with van der Waals surface area (Å²) in [5.41, 5.74) is 1.12. The second-order valence-corrected chi connectivity index (χ2v) is 8.52. The quantitative estimate of drug-likeness (QED) is 0.277. The van der Waals surface area contributed by atoms with E-state index >= 15 is 0 Å². The Bertz CT molecular complexity index is 558. The summed E-state index contributed by atoms with van der Waals surface area (Å²) in [5.74, 6) is 1.99. The van der Waals surface area contributed by atoms with Crippen molar-refractivity contribution in [3.8, 4) is 0 Å². The van der Waals surface area contributed by atoms with Gasteiger partial charge >= 0.3 is 0 Å². The van der Waals surface area contributed by atoms with Crippen molar-refractivity contribution in [2.45, 2.75) is 57.3 Å². The summed E-state index contributed by atoms with van der Waals surface area (Å²) in [6, 6.07) is 9.98. The first-order chi connectivity index (χ1) is 13.3. The molecule has 1 aromatic rings. The average Bonchev–Trinajstić information content (AvgIpc) is 2.95. The molecule has 1 aliphatic rings. The van der Waals surface area contributed by atoms with Gasteiger partial charge in [-0.2, -0.15) is 0 Å². The Hall–Kier alpha value is -1.40. The smallest absolute Gasteiger partial charge is 0.191 e. The van der Waals surface area contributed by atoms with Crippen LogP contribution in [0.3, 0.4) is 0 Å². The highest BCUT2D eigenvalue weighted by Gasteiger charge is 2.12. The van der Waals surface area contributed by atoms with E-state index in [9.17, 15) is 4.21 Å². The lowest BCUT2D eigenvalue weighted by atomic mass is 10.1. The summed E-state index contributed by atoms with van der Waals surface area (Å²) >= 11 is 0. The van der Waals surface area contributed by atoms with Gasteiger partial charge in [0.05, 0.1) is 19.3 Å². The first-order valence-corrected chi connectivity index (χ1v) is 11.8. The Morgan fingerprint density at radius 2 is 1.89 bits per heavy atom. The van der Waals surface area contributed by atoms with E-state index in [2.05, 4.69) is 15.6 Å². The van der Waals surface area contributed by atoms with E-state index in [1.807, 2.05) is 37.3 Å². The summed E-state index contributed by atoms with van der Waals surface area (Å²) in [7, 11) is -0.874. The van der Waals surface area contributed by atoms with E-state index in [0.29, 0.717) is 37.3 Å². The Labute approximate surface area is 166 Å². The van der Waals surface area contributed by atoms with E-state index < -0.39 is 10.8 Å². The van der Waals surface area contributed by atoms with Crippen LogP contribution in [-0.2, 0) is 21.3 Å². The highest BCUT2D eigenvalue weighted by atomic mass is 32.2. The van der Waals surface area contributed by atoms with Crippen molar-refractivity contribution in [1.29, 1.82) is 0 Å². The third-order valence-corrected chi connectivity index (χ3v) is 5.97. The van der Waals surface area contributed by atoms with Gasteiger partial charge in [0.15, 0.2) is 5.96 Å². The van der Waals surface area contributed by atoms with Gasteiger partial charge in [-0.3, -0.25) is 9.20 Å². The van der Waals surface area contributed by atoms with E-state index in [4.69, 9.17) is 4.74 Å². The van der Waals surface area contributed by atoms with E-state index in [-0.39, 0.29) is 0 Å². The van der Waals surface area contributed by atoms with Gasteiger partial charge < -0.3 is 15.4 Å². The number of aliphatic imine (C=N–C) groups is 1. The van der Waals surface area contributed by atoms with Crippen molar-refractivity contribution < 1.29 is 8.95 Å². The molecule has 0 amide bonds. The molecule has 0 heterocycles. The van der Waals surface area contributed by atoms with Crippen LogP contribution in [0.25, 0.3) is 0 Å². The van der Waals surface area contributed by atoms with Crippen LogP contribution in [0.1, 0.15) is 51.0 Å². The average molecular weight is 394 g/mol. The molecule has 1 fully saturated rings. The second kappa shape index (κ2) is 13.7. The molecular formula is C21H35N3O2S. The molecule has 1 saturated carbocycles. The molecule has 0 saturated heterocycles. The lowest BCUT2D eigenvalue weighted by Crippen LogP contribution is -2.39. The lowest BCUT2D eigenvalue weighted by molar-refractivity contribution is 0.0487. The van der Waals surface area contributed by atoms with Crippen LogP contribution < -0.4 is 10.6 Å². The third kappa shape index (κ3) is 9.91. The van der Waals surface area contributed by atoms with Crippen molar-refractivity contribution in [2.75, 3.05) is 32.0 Å². The molecule has 0 radical (unpaired) electrons. The van der Waals surface area contributed by atoms with Crippen LogP contribution in [0.2, 0.25) is 0 Å². The highest BCUT2D eigenvalue weighted by molar-refractivity contribution is 7.84. The van der Waals surface area contributed by atoms with Crippen LogP contribution in [0.4, 0.5) is 0 Å². The maximum atomic E-state index is 12.2. The van der Waals surface area contributed by atoms with E-state index in [0.717, 1.165) is 18.1 Å². The van der Waals surface area contributed by atoms with Crippen LogP contribution >= 0.6 is 0 Å². The maximum Gasteiger partial charge on any atom is 0.191 e. The van der Waals surface area contributed by atoms with Gasteiger partial charge in [0, 0.05) is 35.4 Å². The molecule has 0 bridgehead atoms. The topological polar surface area (TPSA) is 62.7 Å². The van der Waals surface area contributed by atoms with Crippen LogP contribution in [0, 0.1) is 0 Å². The number of nitrogens with one attached hydrogen (secondary N) is 2. The molecule has 1 aromatic carbocycles. The number of guanidine groups is 1. The molecule has 0 aromatic heterocycles. The molecule has 27 heavy (non-hydrogen) atoms. The summed E-state index contributed by atoms with van der Waals surface area (Å²) < 4.78 is 18.2. The molecule has 5 nitrogen and oxygen atoms in total. The molecule has 0 spiro atoms. The minimum Gasteiger partial charge on any atom is -0.376 e. The standard InChI is InChI=1S/C21H35N3O2S/c1-2-22-21(23-14-16-26-20-12-8-3-4-9-13-20)24-15-17-27(25)18-19-10-6-5-7-11-19/h5-7,10-11,20H,2-4,8-9,12-18H2,1H3,(H2,22,23,24). The number of hydrogen-bond donors (Lipinski definition) is 2. The van der Waals surface area contributed by atoms with Gasteiger partial charge in [-0.05, 0) is 25.3 Å². The molecule has 152 valence electrons. The molecule has 2 N–H and O–H groups in total. The first-order valence-electron chi connectivity index (χ1n) is 10.3. The summed E-state index contributed by atoms with van der Waals surface area (Å²) in [6.45, 7) is 4.82. The zero-order chi connectivity index (χ0) is 19.2. The number of nitrogens with zero attached hydrogens (tertiary/aromatic N) is 1. The fourth-order valence-corrected chi connectivity index (χ4v) is 4.28. The predicted molar refractivity (Wildman–Crippen MR) is 115 cm³/mol. The molecule has 1 aliphatic carbocycles. The van der Waals surface area contributed by atoms with Crippen molar-refractivity contribution in [3.05, 3.63) is 35.9 Å². The zero-order valence-electron chi connectivity index (χ0n) is 16.6. The Kier molecular flexibility index (Phi) is 11.1. The largest absolute Gasteiger partial charge is 0.376 e. The van der Waals surface area contributed by atoms with Gasteiger partial charge in [-0.1, -0.05) is 56.0 Å². The van der Waals surface area contributed by atoms with Crippen LogP contribution in [0.5, 0.6) is 0 Å². The Balaban J connectivity index is 1.64. The lowest BCUT2D eigenvalue weighted by Gasteiger charge is -2.15. The van der Waals surface area contributed by atoms with E-state index in [1.54, 1.807) is 0 Å². The van der Waals surface area contributed by atoms with Gasteiger partial charge in [0.2, 0.25) is 0 Å². The number of benzene rings is 1. The van der Waals surface area contributed by atoms with Crippen molar-refractivity contribution in [2.24, 2.45) is 4.99 Å². The number of hydrogen-bond acceptors (Lipinski definition) is 3. The van der Waals surface area contributed by atoms with Crippen molar-refractivity contribution in [1.82, 2.24) is 10.6 Å². The maximum absolute atomic E-state index is 12.2. The monoisotopic (exact) mass is 393 g/mol. The molecule has 6 heteroatoms. The van der Waals surface area contributed by atoms with Gasteiger partial charge in [0.25, 0.3) is 0 Å². The van der Waals surface area contributed by atoms with Gasteiger partial charge in [0.1, 0.15) is 0 Å². The fraction of sp³-hybridized carbons (Fsp3) is 0.667. The summed E-state index contributed by atoms with van der Waals surface area (Å²) in [5, 5.41) is 6.51. The van der Waals surface area contributed by atoms with Gasteiger partial charge in [-0.25, -0.2) is 0 Å². The van der Waals surface area contributed by atoms with Crippen molar-refractivity contribution in [3.63, 3.8) is 0 Å². The minimum atomic E-state index is -0.874. The number of ether oxygens (including phenoxy) is 1. The Morgan fingerprint density at radius 3 is 2.59 bits per heavy atom. The fourth-order valence-electron chi connectivity index (χ4n) is 3.24. The van der Waals surface area contributed by atoms with Crippen LogP contribution in [0.15, 0.2) is 35.3 Å². The number of rotatable bonds is 10. The highest BCUT2D eigenvalue weighted by Crippen LogP contribution is 2.19. The summed E-state index contributed by atoms with van der Waals surface area (Å²) in [6.07, 6.45) is 8.07. The van der Waals surface area contributed by atoms with E-state index in [1.165, 1.54) is 38.5 Å². The normalized spacial score (nSPS) is 17.3. The summed E-state index contributed by atoms with van der Waals surface area (Å²) in [4.78, 5) is 4.57. The second-order valence-electron chi connectivity index (χ2n) is 6.95.